The van der Waals surface area contributed by atoms with Crippen LogP contribution in [-0.4, -0.2) is 36.0 Å². The van der Waals surface area contributed by atoms with Crippen LogP contribution >= 0.6 is 0 Å². The number of benzene rings is 1. The third kappa shape index (κ3) is 3.05. The Morgan fingerprint density at radius 1 is 1.08 bits per heavy atom. The van der Waals surface area contributed by atoms with Crippen molar-refractivity contribution in [2.24, 2.45) is 5.92 Å². The molecule has 0 bridgehead atoms. The van der Waals surface area contributed by atoms with E-state index in [0.717, 1.165) is 10.5 Å². The number of hydrogen-bond acceptors (Lipinski definition) is 6. The minimum Gasteiger partial charge on any atom is -0.481 e. The molecule has 1 atom stereocenters. The van der Waals surface area contributed by atoms with Gasteiger partial charge in [-0.1, -0.05) is 30.3 Å². The molecular formula is C17H17N3O4. The molecule has 2 heterocycles. The van der Waals surface area contributed by atoms with Crippen LogP contribution in [0, 0.1) is 5.92 Å². The molecule has 1 aromatic heterocycles. The topological polar surface area (TPSA) is 81.6 Å². The average molecular weight is 327 g/mol. The molecule has 7 heteroatoms. The molecule has 2 amide bonds. The normalized spacial score (nSPS) is 17.2. The van der Waals surface area contributed by atoms with Crippen molar-refractivity contribution < 1.29 is 19.1 Å². The largest absolute Gasteiger partial charge is 0.481 e. The fourth-order valence-corrected chi connectivity index (χ4v) is 2.66. The first-order chi connectivity index (χ1) is 11.6. The van der Waals surface area contributed by atoms with Crippen molar-refractivity contribution in [2.45, 2.75) is 12.8 Å². The predicted octanol–water partition coefficient (Wildman–Crippen LogP) is 1.62. The van der Waals surface area contributed by atoms with E-state index in [2.05, 4.69) is 9.97 Å². The van der Waals surface area contributed by atoms with Crippen LogP contribution in [0.15, 0.2) is 36.4 Å². The monoisotopic (exact) mass is 327 g/mol. The van der Waals surface area contributed by atoms with Crippen LogP contribution < -0.4 is 14.4 Å². The van der Waals surface area contributed by atoms with Gasteiger partial charge in [-0.2, -0.15) is 9.97 Å². The molecule has 0 N–H and O–H groups in total. The number of aromatic nitrogens is 2. The Morgan fingerprint density at radius 3 is 2.29 bits per heavy atom. The number of amides is 2. The zero-order valence-corrected chi connectivity index (χ0v) is 13.4. The number of methoxy groups -OCH3 is 2. The summed E-state index contributed by atoms with van der Waals surface area (Å²) >= 11 is 0. The van der Waals surface area contributed by atoms with Crippen molar-refractivity contribution in [1.29, 1.82) is 0 Å². The van der Waals surface area contributed by atoms with Gasteiger partial charge in [-0.25, -0.2) is 4.90 Å². The van der Waals surface area contributed by atoms with Crippen LogP contribution in [0.1, 0.15) is 12.0 Å². The number of hydrogen-bond donors (Lipinski definition) is 0. The Labute approximate surface area is 139 Å². The van der Waals surface area contributed by atoms with E-state index in [4.69, 9.17) is 9.47 Å². The highest BCUT2D eigenvalue weighted by molar-refractivity contribution is 6.20. The van der Waals surface area contributed by atoms with Crippen molar-refractivity contribution in [1.82, 2.24) is 9.97 Å². The van der Waals surface area contributed by atoms with E-state index in [1.54, 1.807) is 0 Å². The maximum absolute atomic E-state index is 12.7. The molecule has 1 unspecified atom stereocenters. The number of rotatable bonds is 5. The summed E-state index contributed by atoms with van der Waals surface area (Å²) in [6.07, 6.45) is 0.639. The SMILES string of the molecule is COc1cc(OC)nc(N2C(=O)CC(Cc3ccccc3)C2=O)n1. The number of imide groups is 1. The van der Waals surface area contributed by atoms with Crippen LogP contribution in [0.3, 0.4) is 0 Å². The maximum Gasteiger partial charge on any atom is 0.245 e. The fraction of sp³-hybridized carbons (Fsp3) is 0.294. The first-order valence-corrected chi connectivity index (χ1v) is 7.50. The van der Waals surface area contributed by atoms with Crippen LogP contribution in [-0.2, 0) is 16.0 Å². The summed E-state index contributed by atoms with van der Waals surface area (Å²) in [7, 11) is 2.88. The fourth-order valence-electron chi connectivity index (χ4n) is 2.66. The first-order valence-electron chi connectivity index (χ1n) is 7.50. The highest BCUT2D eigenvalue weighted by Crippen LogP contribution is 2.29. The third-order valence-corrected chi connectivity index (χ3v) is 3.85. The number of anilines is 1. The lowest BCUT2D eigenvalue weighted by Crippen LogP contribution is -2.32. The minimum atomic E-state index is -0.416. The van der Waals surface area contributed by atoms with Crippen molar-refractivity contribution in [3.8, 4) is 11.8 Å². The quantitative estimate of drug-likeness (QED) is 0.776. The maximum atomic E-state index is 12.7. The van der Waals surface area contributed by atoms with Crippen LogP contribution in [0.5, 0.6) is 11.8 Å². The molecule has 1 aliphatic heterocycles. The van der Waals surface area contributed by atoms with Crippen LogP contribution in [0.2, 0.25) is 0 Å². The smallest absolute Gasteiger partial charge is 0.245 e. The van der Waals surface area contributed by atoms with Gasteiger partial charge in [-0.3, -0.25) is 9.59 Å². The summed E-state index contributed by atoms with van der Waals surface area (Å²) in [6.45, 7) is 0. The van der Waals surface area contributed by atoms with E-state index in [0.29, 0.717) is 6.42 Å². The molecule has 2 aromatic rings. The molecule has 3 rings (SSSR count). The van der Waals surface area contributed by atoms with Gasteiger partial charge in [0.15, 0.2) is 0 Å². The van der Waals surface area contributed by atoms with Gasteiger partial charge in [-0.15, -0.1) is 0 Å². The molecule has 1 aromatic carbocycles. The van der Waals surface area contributed by atoms with Crippen molar-refractivity contribution in [2.75, 3.05) is 19.1 Å². The van der Waals surface area contributed by atoms with E-state index in [1.807, 2.05) is 30.3 Å². The second-order valence-electron chi connectivity index (χ2n) is 5.41. The van der Waals surface area contributed by atoms with E-state index in [9.17, 15) is 9.59 Å². The summed E-state index contributed by atoms with van der Waals surface area (Å²) in [6, 6.07) is 11.1. The molecule has 0 spiro atoms. The third-order valence-electron chi connectivity index (χ3n) is 3.85. The lowest BCUT2D eigenvalue weighted by Gasteiger charge is -2.14. The highest BCUT2D eigenvalue weighted by atomic mass is 16.5. The Bertz CT molecular complexity index is 741. The Morgan fingerprint density at radius 2 is 1.71 bits per heavy atom. The van der Waals surface area contributed by atoms with Crippen LogP contribution in [0.4, 0.5) is 5.95 Å². The van der Waals surface area contributed by atoms with Gasteiger partial charge < -0.3 is 9.47 Å². The van der Waals surface area contributed by atoms with Gasteiger partial charge in [0.1, 0.15) is 0 Å². The first kappa shape index (κ1) is 15.9. The number of ether oxygens (including phenoxy) is 2. The molecule has 0 saturated carbocycles. The Hall–Kier alpha value is -2.96. The lowest BCUT2D eigenvalue weighted by atomic mass is 9.98. The summed E-state index contributed by atoms with van der Waals surface area (Å²) in [5.74, 6) is -0.610. The Balaban J connectivity index is 1.87. The summed E-state index contributed by atoms with van der Waals surface area (Å²) in [5, 5.41) is 0. The van der Waals surface area contributed by atoms with Gasteiger partial charge in [0.25, 0.3) is 0 Å². The zero-order chi connectivity index (χ0) is 17.1. The molecule has 0 aliphatic carbocycles. The molecule has 1 fully saturated rings. The standard InChI is InChI=1S/C17H17N3O4/c1-23-13-10-14(24-2)19-17(18-13)20-15(21)9-12(16(20)22)8-11-6-4-3-5-7-11/h3-7,10,12H,8-9H2,1-2H3. The molecule has 24 heavy (non-hydrogen) atoms. The van der Waals surface area contributed by atoms with Gasteiger partial charge >= 0.3 is 0 Å². The lowest BCUT2D eigenvalue weighted by molar-refractivity contribution is -0.122. The summed E-state index contributed by atoms with van der Waals surface area (Å²) < 4.78 is 10.1. The molecule has 0 radical (unpaired) electrons. The molecule has 1 saturated heterocycles. The van der Waals surface area contributed by atoms with Gasteiger partial charge in [0, 0.05) is 6.42 Å². The summed E-state index contributed by atoms with van der Waals surface area (Å²) in [4.78, 5) is 34.2. The van der Waals surface area contributed by atoms with Gasteiger partial charge in [-0.05, 0) is 12.0 Å². The van der Waals surface area contributed by atoms with E-state index in [-0.39, 0.29) is 35.9 Å². The van der Waals surface area contributed by atoms with Gasteiger partial charge in [0.05, 0.1) is 26.2 Å². The number of carbonyl (C=O) groups excluding carboxylic acids is 2. The average Bonchev–Trinajstić information content (AvgIpc) is 2.88. The van der Waals surface area contributed by atoms with E-state index < -0.39 is 5.92 Å². The number of carbonyl (C=O) groups is 2. The van der Waals surface area contributed by atoms with E-state index >= 15 is 0 Å². The zero-order valence-electron chi connectivity index (χ0n) is 13.4. The van der Waals surface area contributed by atoms with E-state index in [1.165, 1.54) is 20.3 Å². The summed E-state index contributed by atoms with van der Waals surface area (Å²) in [5.41, 5.74) is 1.01. The van der Waals surface area contributed by atoms with Crippen molar-refractivity contribution >= 4 is 17.8 Å². The second kappa shape index (κ2) is 6.66. The van der Waals surface area contributed by atoms with Crippen molar-refractivity contribution in [3.63, 3.8) is 0 Å². The molecule has 7 nitrogen and oxygen atoms in total. The second-order valence-corrected chi connectivity index (χ2v) is 5.41. The van der Waals surface area contributed by atoms with Crippen molar-refractivity contribution in [3.05, 3.63) is 42.0 Å². The Kier molecular flexibility index (Phi) is 4.41. The molecule has 1 aliphatic rings. The predicted molar refractivity (Wildman–Crippen MR) is 85.9 cm³/mol. The minimum absolute atomic E-state index is 0.0169. The highest BCUT2D eigenvalue weighted by Gasteiger charge is 2.41. The molecular weight excluding hydrogens is 310 g/mol. The molecule has 124 valence electrons. The van der Waals surface area contributed by atoms with Gasteiger partial charge in [0.2, 0.25) is 29.5 Å². The number of nitrogens with zero attached hydrogens (tertiary/aromatic N) is 3. The van der Waals surface area contributed by atoms with Crippen LogP contribution in [0.25, 0.3) is 0 Å².